The van der Waals surface area contributed by atoms with Gasteiger partial charge in [0.2, 0.25) is 0 Å². The molecule has 0 unspecified atom stereocenters. The molecule has 11 heteroatoms. The second kappa shape index (κ2) is 13.8. The van der Waals surface area contributed by atoms with Gasteiger partial charge in [-0.05, 0) is 31.0 Å². The first-order chi connectivity index (χ1) is 17.6. The van der Waals surface area contributed by atoms with Gasteiger partial charge in [0.1, 0.15) is 0 Å². The van der Waals surface area contributed by atoms with Crippen LogP contribution >= 0.6 is 0 Å². The van der Waals surface area contributed by atoms with Crippen LogP contribution in [0.2, 0.25) is 0 Å². The Kier molecular flexibility index (Phi) is 11.1. The first-order valence-electron chi connectivity index (χ1n) is 13.7. The van der Waals surface area contributed by atoms with E-state index in [2.05, 4.69) is 17.0 Å². The summed E-state index contributed by atoms with van der Waals surface area (Å²) < 4.78 is 67.6. The lowest BCUT2D eigenvalue weighted by Crippen LogP contribution is -2.19. The van der Waals surface area contributed by atoms with E-state index >= 15 is 0 Å². The van der Waals surface area contributed by atoms with E-state index in [1.54, 1.807) is 0 Å². The molecule has 2 heterocycles. The molecule has 0 spiro atoms. The molecular formula is C26H41N3O6S2. The molecule has 0 fully saturated rings. The van der Waals surface area contributed by atoms with Crippen LogP contribution in [-0.4, -0.2) is 41.3 Å². The number of imidazole rings is 1. The van der Waals surface area contributed by atoms with E-state index in [0.717, 1.165) is 31.7 Å². The maximum atomic E-state index is 12.2. The molecule has 208 valence electrons. The molecule has 1 aromatic heterocycles. The van der Waals surface area contributed by atoms with Gasteiger partial charge in [-0.1, -0.05) is 96.8 Å². The van der Waals surface area contributed by atoms with Gasteiger partial charge >= 0.3 is 0 Å². The molecule has 0 aliphatic carbocycles. The Morgan fingerprint density at radius 2 is 1.30 bits per heavy atom. The summed E-state index contributed by atoms with van der Waals surface area (Å²) in [5.41, 5.74) is 0.913. The third-order valence-corrected chi connectivity index (χ3v) is 8.95. The smallest absolute Gasteiger partial charge is 0.285 e. The van der Waals surface area contributed by atoms with Crippen LogP contribution in [0, 0.1) is 0 Å². The zero-order valence-corrected chi connectivity index (χ0v) is 23.4. The van der Waals surface area contributed by atoms with E-state index in [4.69, 9.17) is 0 Å². The molecule has 1 aromatic carbocycles. The molecule has 0 radical (unpaired) electrons. The van der Waals surface area contributed by atoms with Gasteiger partial charge in [-0.15, -0.1) is 0 Å². The molecular weight excluding hydrogens is 514 g/mol. The lowest BCUT2D eigenvalue weighted by atomic mass is 10.0. The Morgan fingerprint density at radius 3 is 1.78 bits per heavy atom. The van der Waals surface area contributed by atoms with Gasteiger partial charge in [0.05, 0.1) is 21.6 Å². The molecule has 1 atom stereocenters. The van der Waals surface area contributed by atoms with Crippen LogP contribution < -0.4 is 0 Å². The quantitative estimate of drug-likeness (QED) is 0.154. The van der Waals surface area contributed by atoms with Crippen LogP contribution in [0.15, 0.2) is 28.2 Å². The van der Waals surface area contributed by atoms with Gasteiger partial charge in [-0.2, -0.15) is 21.9 Å². The molecule has 9 nitrogen and oxygen atoms in total. The number of hydrogen-bond acceptors (Lipinski definition) is 6. The summed E-state index contributed by atoms with van der Waals surface area (Å²) in [5.74, 6) is 0.0287. The molecule has 1 aliphatic rings. The van der Waals surface area contributed by atoms with Crippen molar-refractivity contribution < 1.29 is 25.9 Å². The molecule has 0 saturated heterocycles. The Bertz CT molecular complexity index is 1270. The van der Waals surface area contributed by atoms with Crippen molar-refractivity contribution in [3.05, 3.63) is 24.0 Å². The largest absolute Gasteiger partial charge is 0.294 e. The summed E-state index contributed by atoms with van der Waals surface area (Å²) >= 11 is 0. The topological polar surface area (TPSA) is 139 Å². The van der Waals surface area contributed by atoms with Crippen molar-refractivity contribution in [2.24, 2.45) is 5.10 Å². The number of fused-ring (bicyclic) bond motifs is 3. The number of rotatable bonds is 18. The van der Waals surface area contributed by atoms with Gasteiger partial charge < -0.3 is 0 Å². The Balaban J connectivity index is 1.40. The molecule has 1 aliphatic heterocycles. The third-order valence-electron chi connectivity index (χ3n) is 7.02. The molecule has 0 bridgehead atoms. The molecule has 0 saturated carbocycles. The highest BCUT2D eigenvalue weighted by Gasteiger charge is 2.40. The highest BCUT2D eigenvalue weighted by Crippen LogP contribution is 2.34. The predicted octanol–water partition coefficient (Wildman–Crippen LogP) is 6.69. The van der Waals surface area contributed by atoms with Crippen molar-refractivity contribution in [3.63, 3.8) is 0 Å². The number of nitrogens with zero attached hydrogens (tertiary/aromatic N) is 3. The van der Waals surface area contributed by atoms with Crippen molar-refractivity contribution in [2.75, 3.05) is 0 Å². The maximum absolute atomic E-state index is 12.2. The minimum atomic E-state index is -4.50. The summed E-state index contributed by atoms with van der Waals surface area (Å²) in [6.07, 6.45) is 19.0. The van der Waals surface area contributed by atoms with Gasteiger partial charge in [0.15, 0.2) is 11.1 Å². The first kappa shape index (κ1) is 29.7. The minimum absolute atomic E-state index is 0.0287. The summed E-state index contributed by atoms with van der Waals surface area (Å²) in [6.45, 7) is 2.25. The van der Waals surface area contributed by atoms with E-state index in [1.807, 2.05) is 0 Å². The lowest BCUT2D eigenvalue weighted by Gasteiger charge is -2.09. The summed E-state index contributed by atoms with van der Waals surface area (Å²) in [4.78, 5) is 3.88. The SMILES string of the molecule is CCCCCCCCCCCCCCCCCC1=Nn2c(nc3cc(S(=O)(=O)O)ccc32)[C@@H]1S(=O)(=O)O. The molecule has 2 aromatic rings. The Labute approximate surface area is 221 Å². The molecule has 2 N–H and O–H groups in total. The predicted molar refractivity (Wildman–Crippen MR) is 146 cm³/mol. The second-order valence-corrected chi connectivity index (χ2v) is 13.0. The molecule has 3 rings (SSSR count). The molecule has 0 amide bonds. The Hall–Kier alpha value is -1.82. The zero-order valence-electron chi connectivity index (χ0n) is 21.8. The first-order valence-corrected chi connectivity index (χ1v) is 16.6. The van der Waals surface area contributed by atoms with E-state index in [9.17, 15) is 25.9 Å². The van der Waals surface area contributed by atoms with E-state index in [1.165, 1.54) is 87.4 Å². The van der Waals surface area contributed by atoms with Gasteiger partial charge in [-0.3, -0.25) is 9.11 Å². The Morgan fingerprint density at radius 1 is 0.784 bits per heavy atom. The summed E-state index contributed by atoms with van der Waals surface area (Å²) in [6, 6.07) is 3.77. The van der Waals surface area contributed by atoms with Gasteiger partial charge in [0, 0.05) is 0 Å². The fourth-order valence-electron chi connectivity index (χ4n) is 4.99. The summed E-state index contributed by atoms with van der Waals surface area (Å²) in [5, 5.41) is 3.03. The number of aromatic nitrogens is 2. The number of hydrogen-bond donors (Lipinski definition) is 2. The van der Waals surface area contributed by atoms with Crippen molar-refractivity contribution in [3.8, 4) is 0 Å². The number of unbranched alkanes of at least 4 members (excludes halogenated alkanes) is 14. The van der Waals surface area contributed by atoms with Crippen molar-refractivity contribution in [1.82, 2.24) is 9.66 Å². The van der Waals surface area contributed by atoms with E-state index < -0.39 is 25.5 Å². The van der Waals surface area contributed by atoms with Crippen LogP contribution in [0.3, 0.4) is 0 Å². The van der Waals surface area contributed by atoms with Crippen LogP contribution in [-0.2, 0) is 20.2 Å². The monoisotopic (exact) mass is 555 g/mol. The minimum Gasteiger partial charge on any atom is -0.285 e. The average molecular weight is 556 g/mol. The van der Waals surface area contributed by atoms with E-state index in [-0.39, 0.29) is 16.2 Å². The van der Waals surface area contributed by atoms with Gasteiger partial charge in [-0.25, -0.2) is 9.66 Å². The fourth-order valence-corrected chi connectivity index (χ4v) is 6.42. The van der Waals surface area contributed by atoms with E-state index in [0.29, 0.717) is 17.6 Å². The second-order valence-electron chi connectivity index (χ2n) is 10.1. The highest BCUT2D eigenvalue weighted by molar-refractivity contribution is 7.86. The maximum Gasteiger partial charge on any atom is 0.294 e. The van der Waals surface area contributed by atoms with Crippen LogP contribution in [0.25, 0.3) is 11.0 Å². The van der Waals surface area contributed by atoms with Crippen molar-refractivity contribution >= 4 is 37.0 Å². The van der Waals surface area contributed by atoms with Crippen molar-refractivity contribution in [2.45, 2.75) is 120 Å². The van der Waals surface area contributed by atoms with Crippen LogP contribution in [0.4, 0.5) is 0 Å². The summed E-state index contributed by atoms with van der Waals surface area (Å²) in [7, 11) is -8.93. The average Bonchev–Trinajstić information content (AvgIpc) is 3.35. The van der Waals surface area contributed by atoms with Gasteiger partial charge in [0.25, 0.3) is 20.2 Å². The van der Waals surface area contributed by atoms with Crippen LogP contribution in [0.5, 0.6) is 0 Å². The zero-order chi connectivity index (χ0) is 26.9. The normalized spacial score (nSPS) is 15.9. The van der Waals surface area contributed by atoms with Crippen LogP contribution in [0.1, 0.15) is 121 Å². The fraction of sp³-hybridized carbons (Fsp3) is 0.692. The van der Waals surface area contributed by atoms with Crippen molar-refractivity contribution in [1.29, 1.82) is 0 Å². The number of benzene rings is 1. The lowest BCUT2D eigenvalue weighted by molar-refractivity contribution is 0.476. The molecule has 37 heavy (non-hydrogen) atoms. The highest BCUT2D eigenvalue weighted by atomic mass is 32.2. The standard InChI is InChI=1S/C26H41N3O6S2/c1-2-3-4-5-6-7-8-9-10-11-12-13-14-15-16-17-22-25(37(33,34)35)26-27-23-20-21(36(30,31)32)18-19-24(23)29(26)28-22/h18-20,25H,2-17H2,1H3,(H,30,31,32)(H,33,34,35)/t25-/m1/s1. The third kappa shape index (κ3) is 8.59.